The van der Waals surface area contributed by atoms with Gasteiger partial charge in [0.25, 0.3) is 5.91 Å². The number of rotatable bonds is 8. The molecule has 0 fully saturated rings. The maximum Gasteiger partial charge on any atom is 0.259 e. The van der Waals surface area contributed by atoms with Crippen LogP contribution in [0.4, 0.5) is 5.69 Å². The average Bonchev–Trinajstić information content (AvgIpc) is 2.62. The van der Waals surface area contributed by atoms with Crippen molar-refractivity contribution >= 4 is 17.8 Å². The van der Waals surface area contributed by atoms with E-state index in [4.69, 9.17) is 9.47 Å². The van der Waals surface area contributed by atoms with E-state index in [0.717, 1.165) is 22.7 Å². The molecule has 0 saturated carbocycles. The van der Waals surface area contributed by atoms with Crippen LogP contribution in [0.25, 0.3) is 0 Å². The molecule has 1 amide bonds. The molecule has 0 aromatic heterocycles. The van der Waals surface area contributed by atoms with Crippen molar-refractivity contribution in [1.82, 2.24) is 5.43 Å². The van der Waals surface area contributed by atoms with E-state index in [1.54, 1.807) is 13.3 Å². The molecule has 0 heterocycles. The van der Waals surface area contributed by atoms with Crippen LogP contribution in [0.15, 0.2) is 53.6 Å². The molecule has 0 aliphatic heterocycles. The number of hydrazone groups is 1. The van der Waals surface area contributed by atoms with Gasteiger partial charge in [0.1, 0.15) is 11.5 Å². The number of nitrogens with zero attached hydrogens (tertiary/aromatic N) is 1. The zero-order valence-electron chi connectivity index (χ0n) is 13.8. The zero-order chi connectivity index (χ0) is 17.2. The molecule has 0 saturated heterocycles. The van der Waals surface area contributed by atoms with Crippen LogP contribution in [0.3, 0.4) is 0 Å². The van der Waals surface area contributed by atoms with Crippen LogP contribution in [0, 0.1) is 0 Å². The van der Waals surface area contributed by atoms with Crippen molar-refractivity contribution < 1.29 is 14.3 Å². The Labute approximate surface area is 141 Å². The van der Waals surface area contributed by atoms with Crippen LogP contribution in [-0.2, 0) is 4.79 Å². The summed E-state index contributed by atoms with van der Waals surface area (Å²) >= 11 is 0. The van der Waals surface area contributed by atoms with Gasteiger partial charge in [0, 0.05) is 5.69 Å². The fraction of sp³-hybridized carbons (Fsp3) is 0.222. The van der Waals surface area contributed by atoms with Gasteiger partial charge in [-0.3, -0.25) is 4.79 Å². The molecule has 2 aromatic rings. The minimum Gasteiger partial charge on any atom is -0.497 e. The number of carbonyl (C=O) groups excluding carboxylic acids is 1. The smallest absolute Gasteiger partial charge is 0.259 e. The van der Waals surface area contributed by atoms with Crippen molar-refractivity contribution in [2.45, 2.75) is 6.92 Å². The van der Waals surface area contributed by atoms with Gasteiger partial charge in [-0.15, -0.1) is 0 Å². The van der Waals surface area contributed by atoms with Gasteiger partial charge in [0.15, 0.2) is 0 Å². The molecule has 6 nitrogen and oxygen atoms in total. The Morgan fingerprint density at radius 3 is 2.38 bits per heavy atom. The summed E-state index contributed by atoms with van der Waals surface area (Å²) in [5.41, 5.74) is 4.19. The number of benzene rings is 2. The Kier molecular flexibility index (Phi) is 6.64. The first-order chi connectivity index (χ1) is 11.7. The fourth-order valence-electron chi connectivity index (χ4n) is 1.93. The summed E-state index contributed by atoms with van der Waals surface area (Å²) in [6, 6.07) is 14.8. The number of carbonyl (C=O) groups is 1. The largest absolute Gasteiger partial charge is 0.497 e. The van der Waals surface area contributed by atoms with Gasteiger partial charge in [0.2, 0.25) is 0 Å². The predicted molar refractivity (Wildman–Crippen MR) is 94.8 cm³/mol. The molecule has 24 heavy (non-hydrogen) atoms. The van der Waals surface area contributed by atoms with Crippen LogP contribution < -0.4 is 20.2 Å². The number of nitrogens with one attached hydrogen (secondary N) is 2. The lowest BCUT2D eigenvalue weighted by molar-refractivity contribution is -0.119. The summed E-state index contributed by atoms with van der Waals surface area (Å²) in [7, 11) is 1.61. The van der Waals surface area contributed by atoms with Crippen LogP contribution in [0.5, 0.6) is 11.5 Å². The Hall–Kier alpha value is -3.02. The lowest BCUT2D eigenvalue weighted by atomic mass is 10.2. The van der Waals surface area contributed by atoms with Gasteiger partial charge in [0.05, 0.1) is 26.5 Å². The quantitative estimate of drug-likeness (QED) is 0.577. The summed E-state index contributed by atoms with van der Waals surface area (Å²) in [6.45, 7) is 2.69. The van der Waals surface area contributed by atoms with E-state index in [0.29, 0.717) is 6.61 Å². The highest BCUT2D eigenvalue weighted by molar-refractivity contribution is 5.84. The molecule has 0 aliphatic carbocycles. The molecule has 126 valence electrons. The molecule has 0 atom stereocenters. The highest BCUT2D eigenvalue weighted by Crippen LogP contribution is 2.15. The zero-order valence-corrected chi connectivity index (χ0v) is 13.8. The van der Waals surface area contributed by atoms with Crippen molar-refractivity contribution in [3.8, 4) is 11.5 Å². The summed E-state index contributed by atoms with van der Waals surface area (Å²) < 4.78 is 10.4. The Balaban J connectivity index is 1.75. The second-order valence-corrected chi connectivity index (χ2v) is 4.88. The molecule has 0 spiro atoms. The average molecular weight is 327 g/mol. The molecular weight excluding hydrogens is 306 g/mol. The fourth-order valence-corrected chi connectivity index (χ4v) is 1.93. The van der Waals surface area contributed by atoms with Crippen molar-refractivity contribution in [2.75, 3.05) is 25.6 Å². The second kappa shape index (κ2) is 9.19. The minimum absolute atomic E-state index is 0.133. The lowest BCUT2D eigenvalue weighted by Gasteiger charge is -2.07. The summed E-state index contributed by atoms with van der Waals surface area (Å²) in [5.74, 6) is 1.35. The molecule has 2 N–H and O–H groups in total. The third kappa shape index (κ3) is 5.64. The van der Waals surface area contributed by atoms with E-state index < -0.39 is 0 Å². The first kappa shape index (κ1) is 17.3. The number of ether oxygens (including phenoxy) is 2. The van der Waals surface area contributed by atoms with E-state index >= 15 is 0 Å². The molecule has 6 heteroatoms. The van der Waals surface area contributed by atoms with E-state index in [2.05, 4.69) is 15.8 Å². The maximum absolute atomic E-state index is 11.7. The van der Waals surface area contributed by atoms with Crippen LogP contribution in [-0.4, -0.2) is 32.4 Å². The highest BCUT2D eigenvalue weighted by atomic mass is 16.5. The third-order valence-electron chi connectivity index (χ3n) is 3.14. The SMILES string of the molecule is CCOc1ccc(NCC(=O)N/N=C/c2ccc(OC)cc2)cc1. The van der Waals surface area contributed by atoms with E-state index in [1.807, 2.05) is 55.5 Å². The van der Waals surface area contributed by atoms with Gasteiger partial charge >= 0.3 is 0 Å². The number of anilines is 1. The predicted octanol–water partition coefficient (Wildman–Crippen LogP) is 2.66. The van der Waals surface area contributed by atoms with Crippen molar-refractivity contribution in [3.63, 3.8) is 0 Å². The Morgan fingerprint density at radius 2 is 1.75 bits per heavy atom. The standard InChI is InChI=1S/C18H21N3O3/c1-3-24-17-10-6-15(7-11-17)19-13-18(22)21-20-12-14-4-8-16(23-2)9-5-14/h4-12,19H,3,13H2,1-2H3,(H,21,22)/b20-12+. The number of amides is 1. The number of hydrogen-bond acceptors (Lipinski definition) is 5. The lowest BCUT2D eigenvalue weighted by Crippen LogP contribution is -2.25. The van der Waals surface area contributed by atoms with E-state index in [1.165, 1.54) is 0 Å². The molecule has 2 rings (SSSR count). The molecular formula is C18H21N3O3. The van der Waals surface area contributed by atoms with Crippen molar-refractivity contribution in [3.05, 3.63) is 54.1 Å². The van der Waals surface area contributed by atoms with Gasteiger partial charge in [-0.25, -0.2) is 5.43 Å². The van der Waals surface area contributed by atoms with Gasteiger partial charge in [-0.05, 0) is 61.0 Å². The molecule has 2 aromatic carbocycles. The third-order valence-corrected chi connectivity index (χ3v) is 3.14. The normalized spacial score (nSPS) is 10.4. The molecule has 0 bridgehead atoms. The van der Waals surface area contributed by atoms with Gasteiger partial charge in [-0.2, -0.15) is 5.10 Å². The first-order valence-electron chi connectivity index (χ1n) is 7.64. The van der Waals surface area contributed by atoms with Gasteiger partial charge < -0.3 is 14.8 Å². The summed E-state index contributed by atoms with van der Waals surface area (Å²) in [4.78, 5) is 11.7. The monoisotopic (exact) mass is 327 g/mol. The minimum atomic E-state index is -0.228. The van der Waals surface area contributed by atoms with Crippen LogP contribution in [0.2, 0.25) is 0 Å². The Bertz CT molecular complexity index is 667. The molecule has 0 aliphatic rings. The number of methoxy groups -OCH3 is 1. The topological polar surface area (TPSA) is 72.0 Å². The first-order valence-corrected chi connectivity index (χ1v) is 7.64. The van der Waals surface area contributed by atoms with Crippen LogP contribution >= 0.6 is 0 Å². The van der Waals surface area contributed by atoms with Gasteiger partial charge in [-0.1, -0.05) is 0 Å². The van der Waals surface area contributed by atoms with Crippen LogP contribution in [0.1, 0.15) is 12.5 Å². The summed E-state index contributed by atoms with van der Waals surface area (Å²) in [6.07, 6.45) is 1.58. The van der Waals surface area contributed by atoms with Crippen molar-refractivity contribution in [2.24, 2.45) is 5.10 Å². The van der Waals surface area contributed by atoms with E-state index in [-0.39, 0.29) is 12.5 Å². The molecule has 0 radical (unpaired) electrons. The van der Waals surface area contributed by atoms with Crippen molar-refractivity contribution in [1.29, 1.82) is 0 Å². The summed E-state index contributed by atoms with van der Waals surface area (Å²) in [5, 5.41) is 6.94. The second-order valence-electron chi connectivity index (χ2n) is 4.88. The molecule has 0 unspecified atom stereocenters. The highest BCUT2D eigenvalue weighted by Gasteiger charge is 2.00. The Morgan fingerprint density at radius 1 is 1.08 bits per heavy atom. The number of hydrogen-bond donors (Lipinski definition) is 2. The maximum atomic E-state index is 11.7. The van der Waals surface area contributed by atoms with E-state index in [9.17, 15) is 4.79 Å².